The lowest BCUT2D eigenvalue weighted by Crippen LogP contribution is -2.25. The zero-order valence-electron chi connectivity index (χ0n) is 16.8. The topological polar surface area (TPSA) is 69.9 Å². The second kappa shape index (κ2) is 8.25. The third kappa shape index (κ3) is 3.76. The Morgan fingerprint density at radius 2 is 1.71 bits per heavy atom. The molecule has 0 aliphatic heterocycles. The molecule has 28 heavy (non-hydrogen) atoms. The zero-order valence-corrected chi connectivity index (χ0v) is 16.8. The average molecular weight is 383 g/mol. The largest absolute Gasteiger partial charge is 0.496 e. The molecule has 3 aromatic rings. The van der Waals surface area contributed by atoms with E-state index in [-0.39, 0.29) is 18.9 Å². The number of methoxy groups -OCH3 is 3. The number of hydrogen-bond donors (Lipinski definition) is 1. The molecule has 0 saturated heterocycles. The Morgan fingerprint density at radius 3 is 2.32 bits per heavy atom. The van der Waals surface area contributed by atoms with E-state index in [9.17, 15) is 4.79 Å². The van der Waals surface area contributed by atoms with Crippen molar-refractivity contribution in [2.75, 3.05) is 21.3 Å². The maximum absolute atomic E-state index is 12.5. The summed E-state index contributed by atoms with van der Waals surface area (Å²) in [5.41, 5.74) is 4.71. The molecule has 0 atom stereocenters. The minimum atomic E-state index is -0.110. The Kier molecular flexibility index (Phi) is 5.78. The number of fused-ring (bicyclic) bond motifs is 1. The van der Waals surface area contributed by atoms with E-state index < -0.39 is 0 Å². The van der Waals surface area contributed by atoms with Gasteiger partial charge in [0.25, 0.3) is 0 Å². The highest BCUT2D eigenvalue weighted by molar-refractivity contribution is 5.89. The van der Waals surface area contributed by atoms with Crippen LogP contribution >= 0.6 is 0 Å². The molecule has 0 radical (unpaired) electrons. The van der Waals surface area contributed by atoms with Gasteiger partial charge < -0.3 is 23.9 Å². The number of rotatable bonds is 7. The standard InChI is InChI=1S/C22H25NO5/c1-13-6-7-17-15(12-28-22(17)14(13)2)8-21(24)23-11-18-19(26-4)9-16(25-3)10-20(18)27-5/h6-7,9-10,12H,8,11H2,1-5H3,(H,23,24). The maximum atomic E-state index is 12.5. The van der Waals surface area contributed by atoms with E-state index in [4.69, 9.17) is 18.6 Å². The third-order valence-electron chi connectivity index (χ3n) is 4.97. The highest BCUT2D eigenvalue weighted by atomic mass is 16.5. The van der Waals surface area contributed by atoms with Crippen LogP contribution < -0.4 is 19.5 Å². The van der Waals surface area contributed by atoms with Crippen LogP contribution in [0.15, 0.2) is 34.9 Å². The van der Waals surface area contributed by atoms with Crippen molar-refractivity contribution >= 4 is 16.9 Å². The van der Waals surface area contributed by atoms with Crippen molar-refractivity contribution in [3.63, 3.8) is 0 Å². The van der Waals surface area contributed by atoms with E-state index in [1.54, 1.807) is 39.7 Å². The summed E-state index contributed by atoms with van der Waals surface area (Å²) in [5.74, 6) is 1.70. The molecule has 0 saturated carbocycles. The van der Waals surface area contributed by atoms with Gasteiger partial charge in [0.15, 0.2) is 0 Å². The molecule has 3 rings (SSSR count). The Bertz CT molecular complexity index is 981. The van der Waals surface area contributed by atoms with Gasteiger partial charge in [0, 0.05) is 23.1 Å². The number of nitrogens with one attached hydrogen (secondary N) is 1. The molecule has 1 amide bonds. The molecule has 148 valence electrons. The van der Waals surface area contributed by atoms with E-state index >= 15 is 0 Å². The zero-order chi connectivity index (χ0) is 20.3. The number of carbonyl (C=O) groups is 1. The quantitative estimate of drug-likeness (QED) is 0.669. The number of furan rings is 1. The summed E-state index contributed by atoms with van der Waals surface area (Å²) in [6.07, 6.45) is 1.89. The van der Waals surface area contributed by atoms with Gasteiger partial charge in [-0.15, -0.1) is 0 Å². The van der Waals surface area contributed by atoms with Crippen LogP contribution in [0.5, 0.6) is 17.2 Å². The Balaban J connectivity index is 1.76. The van der Waals surface area contributed by atoms with Gasteiger partial charge in [-0.05, 0) is 25.0 Å². The first kappa shape index (κ1) is 19.6. The van der Waals surface area contributed by atoms with Crippen LogP contribution in [-0.2, 0) is 17.8 Å². The minimum absolute atomic E-state index is 0.110. The molecule has 2 aromatic carbocycles. The lowest BCUT2D eigenvalue weighted by atomic mass is 10.0. The number of hydrogen-bond acceptors (Lipinski definition) is 5. The number of benzene rings is 2. The van der Waals surface area contributed by atoms with E-state index in [0.29, 0.717) is 17.2 Å². The van der Waals surface area contributed by atoms with Crippen LogP contribution in [0.25, 0.3) is 11.0 Å². The predicted molar refractivity (Wildman–Crippen MR) is 107 cm³/mol. The summed E-state index contributed by atoms with van der Waals surface area (Å²) in [4.78, 5) is 12.5. The van der Waals surface area contributed by atoms with Crippen LogP contribution in [0, 0.1) is 13.8 Å². The summed E-state index contributed by atoms with van der Waals surface area (Å²) in [7, 11) is 4.72. The summed E-state index contributed by atoms with van der Waals surface area (Å²) in [5, 5.41) is 3.90. The molecule has 0 spiro atoms. The fraction of sp³-hybridized carbons (Fsp3) is 0.318. The highest BCUT2D eigenvalue weighted by Gasteiger charge is 2.16. The molecule has 1 N–H and O–H groups in total. The van der Waals surface area contributed by atoms with Gasteiger partial charge >= 0.3 is 0 Å². The van der Waals surface area contributed by atoms with Gasteiger partial charge in [0.05, 0.1) is 46.1 Å². The summed E-state index contributed by atoms with van der Waals surface area (Å²) >= 11 is 0. The van der Waals surface area contributed by atoms with Crippen molar-refractivity contribution in [1.29, 1.82) is 0 Å². The van der Waals surface area contributed by atoms with Gasteiger partial charge in [0.2, 0.25) is 5.91 Å². The second-order valence-electron chi connectivity index (χ2n) is 6.61. The lowest BCUT2D eigenvalue weighted by Gasteiger charge is -2.15. The Labute approximate surface area is 164 Å². The highest BCUT2D eigenvalue weighted by Crippen LogP contribution is 2.34. The first-order valence-electron chi connectivity index (χ1n) is 9.00. The molecule has 1 heterocycles. The van der Waals surface area contributed by atoms with Gasteiger partial charge in [-0.3, -0.25) is 4.79 Å². The molecule has 0 aliphatic rings. The van der Waals surface area contributed by atoms with Crippen LogP contribution in [0.4, 0.5) is 0 Å². The van der Waals surface area contributed by atoms with E-state index in [0.717, 1.165) is 33.2 Å². The van der Waals surface area contributed by atoms with Crippen molar-refractivity contribution in [3.05, 3.63) is 52.8 Å². The smallest absolute Gasteiger partial charge is 0.224 e. The molecule has 6 heteroatoms. The predicted octanol–water partition coefficient (Wildman–Crippen LogP) is 3.93. The van der Waals surface area contributed by atoms with Crippen molar-refractivity contribution in [2.24, 2.45) is 0 Å². The number of carbonyl (C=O) groups excluding carboxylic acids is 1. The number of amides is 1. The fourth-order valence-corrected chi connectivity index (χ4v) is 3.20. The Morgan fingerprint density at radius 1 is 1.04 bits per heavy atom. The summed E-state index contributed by atoms with van der Waals surface area (Å²) < 4.78 is 21.8. The monoisotopic (exact) mass is 383 g/mol. The average Bonchev–Trinajstić information content (AvgIpc) is 3.11. The molecular formula is C22H25NO5. The SMILES string of the molecule is COc1cc(OC)c(CNC(=O)Cc2coc3c(C)c(C)ccc23)c(OC)c1. The lowest BCUT2D eigenvalue weighted by molar-refractivity contribution is -0.120. The fourth-order valence-electron chi connectivity index (χ4n) is 3.20. The van der Waals surface area contributed by atoms with Crippen molar-refractivity contribution in [2.45, 2.75) is 26.8 Å². The van der Waals surface area contributed by atoms with Crippen LogP contribution in [0.2, 0.25) is 0 Å². The van der Waals surface area contributed by atoms with Crippen molar-refractivity contribution in [1.82, 2.24) is 5.32 Å². The normalized spacial score (nSPS) is 10.8. The van der Waals surface area contributed by atoms with Crippen LogP contribution in [0.3, 0.4) is 0 Å². The van der Waals surface area contributed by atoms with Gasteiger partial charge in [0.1, 0.15) is 22.8 Å². The molecule has 0 bridgehead atoms. The minimum Gasteiger partial charge on any atom is -0.496 e. The molecule has 6 nitrogen and oxygen atoms in total. The molecule has 0 fully saturated rings. The first-order chi connectivity index (χ1) is 13.5. The van der Waals surface area contributed by atoms with Gasteiger partial charge in [-0.1, -0.05) is 12.1 Å². The maximum Gasteiger partial charge on any atom is 0.224 e. The summed E-state index contributed by atoms with van der Waals surface area (Å²) in [6, 6.07) is 7.57. The van der Waals surface area contributed by atoms with Crippen molar-refractivity contribution in [3.8, 4) is 17.2 Å². The Hall–Kier alpha value is -3.15. The number of aryl methyl sites for hydroxylation is 2. The first-order valence-corrected chi connectivity index (χ1v) is 9.00. The van der Waals surface area contributed by atoms with Gasteiger partial charge in [-0.25, -0.2) is 0 Å². The van der Waals surface area contributed by atoms with Gasteiger partial charge in [-0.2, -0.15) is 0 Å². The number of ether oxygens (including phenoxy) is 3. The van der Waals surface area contributed by atoms with E-state index in [1.807, 2.05) is 26.0 Å². The molecule has 0 aliphatic carbocycles. The van der Waals surface area contributed by atoms with Crippen molar-refractivity contribution < 1.29 is 23.4 Å². The molecule has 0 unspecified atom stereocenters. The molecular weight excluding hydrogens is 358 g/mol. The summed E-state index contributed by atoms with van der Waals surface area (Å²) in [6.45, 7) is 4.34. The van der Waals surface area contributed by atoms with Crippen LogP contribution in [0.1, 0.15) is 22.3 Å². The van der Waals surface area contributed by atoms with E-state index in [1.165, 1.54) is 0 Å². The van der Waals surface area contributed by atoms with Crippen LogP contribution in [-0.4, -0.2) is 27.2 Å². The second-order valence-corrected chi connectivity index (χ2v) is 6.61. The third-order valence-corrected chi connectivity index (χ3v) is 4.97. The molecule has 1 aromatic heterocycles. The van der Waals surface area contributed by atoms with E-state index in [2.05, 4.69) is 5.32 Å².